The Morgan fingerprint density at radius 3 is 2.60 bits per heavy atom. The Balaban J connectivity index is 1.48. The average molecular weight is 443 g/mol. The number of pyridine rings is 1. The van der Waals surface area contributed by atoms with E-state index in [0.717, 1.165) is 11.6 Å². The van der Waals surface area contributed by atoms with Crippen LogP contribution in [0.4, 0.5) is 13.2 Å². The van der Waals surface area contributed by atoms with E-state index < -0.39 is 33.1 Å². The maximum Gasteiger partial charge on any atom is 0.452 e. The predicted molar refractivity (Wildman–Crippen MR) is 95.6 cm³/mol. The number of halogens is 3. The lowest BCUT2D eigenvalue weighted by atomic mass is 9.96. The maximum absolute atomic E-state index is 12.7. The van der Waals surface area contributed by atoms with Crippen LogP contribution in [0.25, 0.3) is 11.5 Å². The van der Waals surface area contributed by atoms with Crippen molar-refractivity contribution < 1.29 is 35.3 Å². The zero-order chi connectivity index (χ0) is 21.4. The summed E-state index contributed by atoms with van der Waals surface area (Å²) in [5, 5.41) is 2.84. The number of sulfonamides is 1. The molecular formula is C18H16F3N3O5S. The third kappa shape index (κ3) is 4.40. The van der Waals surface area contributed by atoms with Crippen LogP contribution in [0, 0.1) is 5.92 Å². The number of hydrogen-bond acceptors (Lipinski definition) is 7. The quantitative estimate of drug-likeness (QED) is 0.624. The molecule has 0 amide bonds. The average Bonchev–Trinajstić information content (AvgIpc) is 3.42. The smallest absolute Gasteiger partial charge is 0.441 e. The molecule has 3 aromatic rings. The number of alkyl halides is 3. The number of furan rings is 1. The van der Waals surface area contributed by atoms with E-state index in [9.17, 15) is 21.6 Å². The first-order chi connectivity index (χ1) is 14.2. The molecule has 1 aliphatic heterocycles. The van der Waals surface area contributed by atoms with Gasteiger partial charge in [-0.25, -0.2) is 13.1 Å². The second kappa shape index (κ2) is 7.85. The van der Waals surface area contributed by atoms with Crippen LogP contribution in [0.2, 0.25) is 0 Å². The third-order valence-corrected chi connectivity index (χ3v) is 6.00. The molecule has 160 valence electrons. The summed E-state index contributed by atoms with van der Waals surface area (Å²) in [7, 11) is -4.07. The lowest BCUT2D eigenvalue weighted by Crippen LogP contribution is -2.40. The highest BCUT2D eigenvalue weighted by Crippen LogP contribution is 2.33. The molecule has 0 spiro atoms. The van der Waals surface area contributed by atoms with Crippen LogP contribution < -0.4 is 4.72 Å². The number of ether oxygens (including phenoxy) is 1. The summed E-state index contributed by atoms with van der Waals surface area (Å²) in [5.74, 6) is -1.56. The van der Waals surface area contributed by atoms with E-state index >= 15 is 0 Å². The van der Waals surface area contributed by atoms with Crippen LogP contribution in [0.15, 0.2) is 56.8 Å². The second-order valence-electron chi connectivity index (χ2n) is 6.78. The molecule has 1 saturated heterocycles. The van der Waals surface area contributed by atoms with Crippen molar-refractivity contribution in [1.82, 2.24) is 14.9 Å². The Labute approximate surface area is 169 Å². The zero-order valence-corrected chi connectivity index (χ0v) is 16.1. The minimum absolute atomic E-state index is 0.0958. The fraction of sp³-hybridized carbons (Fsp3) is 0.333. The highest BCUT2D eigenvalue weighted by molar-refractivity contribution is 7.89. The molecule has 0 aromatic carbocycles. The Hall–Kier alpha value is -2.70. The Kier molecular flexibility index (Phi) is 5.38. The summed E-state index contributed by atoms with van der Waals surface area (Å²) in [5.41, 5.74) is 0.736. The predicted octanol–water partition coefficient (Wildman–Crippen LogP) is 2.88. The van der Waals surface area contributed by atoms with E-state index in [1.807, 2.05) is 12.1 Å². The molecule has 30 heavy (non-hydrogen) atoms. The van der Waals surface area contributed by atoms with Crippen molar-refractivity contribution in [1.29, 1.82) is 0 Å². The number of rotatable bonds is 6. The lowest BCUT2D eigenvalue weighted by molar-refractivity contribution is -0.155. The van der Waals surface area contributed by atoms with Gasteiger partial charge in [-0.2, -0.15) is 13.2 Å². The Morgan fingerprint density at radius 1 is 1.13 bits per heavy atom. The van der Waals surface area contributed by atoms with Gasteiger partial charge in [-0.15, -0.1) is 0 Å². The van der Waals surface area contributed by atoms with Gasteiger partial charge in [0.2, 0.25) is 10.9 Å². The molecule has 8 nitrogen and oxygen atoms in total. The van der Waals surface area contributed by atoms with Gasteiger partial charge in [0.15, 0.2) is 5.76 Å². The monoisotopic (exact) mass is 443 g/mol. The Bertz CT molecular complexity index is 1110. The number of aromatic nitrogens is 2. The molecule has 0 aliphatic carbocycles. The van der Waals surface area contributed by atoms with Gasteiger partial charge in [0.1, 0.15) is 5.69 Å². The number of nitrogens with zero attached hydrogens (tertiary/aromatic N) is 2. The molecule has 4 rings (SSSR count). The van der Waals surface area contributed by atoms with Crippen molar-refractivity contribution in [3.8, 4) is 11.5 Å². The molecule has 12 heteroatoms. The third-order valence-electron chi connectivity index (χ3n) is 4.64. The van der Waals surface area contributed by atoms with Crippen molar-refractivity contribution in [3.63, 3.8) is 0 Å². The van der Waals surface area contributed by atoms with Crippen LogP contribution in [0.1, 0.15) is 11.3 Å². The van der Waals surface area contributed by atoms with Gasteiger partial charge in [0.25, 0.3) is 10.0 Å². The first kappa shape index (κ1) is 20.6. The maximum atomic E-state index is 12.7. The summed E-state index contributed by atoms with van der Waals surface area (Å²) < 4.78 is 80.8. The van der Waals surface area contributed by atoms with Gasteiger partial charge in [0.05, 0.1) is 19.3 Å². The normalized spacial score (nSPS) is 20.0. The fourth-order valence-corrected chi connectivity index (χ4v) is 4.36. The van der Waals surface area contributed by atoms with Gasteiger partial charge in [-0.1, -0.05) is 5.16 Å². The van der Waals surface area contributed by atoms with Crippen LogP contribution in [0.5, 0.6) is 0 Å². The second-order valence-corrected chi connectivity index (χ2v) is 8.42. The standard InChI is InChI=1S/C18H16F3N3O5S/c19-18(20,21)16-8-13(23-29-16)15-1-2-17(28-15)30(25,26)24-14-10-27-9-12(14)7-11-3-5-22-6-4-11/h1-6,8,12,14,24H,7,9-10H2/t12-,14+/m1/s1. The summed E-state index contributed by atoms with van der Waals surface area (Å²) >= 11 is 0. The molecule has 0 bridgehead atoms. The summed E-state index contributed by atoms with van der Waals surface area (Å²) in [6.45, 7) is 0.582. The molecule has 0 unspecified atom stereocenters. The van der Waals surface area contributed by atoms with E-state index in [-0.39, 0.29) is 24.0 Å². The van der Waals surface area contributed by atoms with E-state index in [0.29, 0.717) is 19.1 Å². The van der Waals surface area contributed by atoms with Gasteiger partial charge in [-0.05, 0) is 36.2 Å². The summed E-state index contributed by atoms with van der Waals surface area (Å²) in [4.78, 5) is 3.95. The number of hydrogen-bond donors (Lipinski definition) is 1. The van der Waals surface area contributed by atoms with Gasteiger partial charge >= 0.3 is 6.18 Å². The SMILES string of the molecule is O=S(=O)(N[C@H]1COC[C@H]1Cc1ccncc1)c1ccc(-c2cc(C(F)(F)F)on2)o1. The topological polar surface area (TPSA) is 107 Å². The van der Waals surface area contributed by atoms with Gasteiger partial charge in [-0.3, -0.25) is 4.98 Å². The lowest BCUT2D eigenvalue weighted by Gasteiger charge is -2.18. The van der Waals surface area contributed by atoms with Gasteiger partial charge in [0, 0.05) is 24.4 Å². The van der Waals surface area contributed by atoms with E-state index in [1.165, 1.54) is 6.07 Å². The Morgan fingerprint density at radius 2 is 1.90 bits per heavy atom. The largest absolute Gasteiger partial charge is 0.452 e. The molecule has 2 atom stereocenters. The molecule has 1 aliphatic rings. The van der Waals surface area contributed by atoms with Crippen LogP contribution in [-0.2, 0) is 27.4 Å². The van der Waals surface area contributed by atoms with Crippen molar-refractivity contribution in [3.05, 3.63) is 54.0 Å². The van der Waals surface area contributed by atoms with Crippen molar-refractivity contribution in [2.45, 2.75) is 23.7 Å². The van der Waals surface area contributed by atoms with E-state index in [4.69, 9.17) is 9.15 Å². The summed E-state index contributed by atoms with van der Waals surface area (Å²) in [6.07, 6.45) is -0.801. The minimum atomic E-state index is -4.71. The first-order valence-electron chi connectivity index (χ1n) is 8.85. The highest BCUT2D eigenvalue weighted by atomic mass is 32.2. The molecule has 0 saturated carbocycles. The molecule has 4 heterocycles. The number of nitrogens with one attached hydrogen (secondary N) is 1. The molecular weight excluding hydrogens is 427 g/mol. The van der Waals surface area contributed by atoms with Crippen LogP contribution in [0.3, 0.4) is 0 Å². The summed E-state index contributed by atoms with van der Waals surface area (Å²) in [6, 6.07) is 6.20. The minimum Gasteiger partial charge on any atom is -0.441 e. The molecule has 1 fully saturated rings. The molecule has 3 aromatic heterocycles. The zero-order valence-electron chi connectivity index (χ0n) is 15.3. The van der Waals surface area contributed by atoms with Crippen molar-refractivity contribution in [2.24, 2.45) is 5.92 Å². The molecule has 1 N–H and O–H groups in total. The van der Waals surface area contributed by atoms with Crippen LogP contribution in [-0.4, -0.2) is 37.8 Å². The van der Waals surface area contributed by atoms with Crippen molar-refractivity contribution >= 4 is 10.0 Å². The first-order valence-corrected chi connectivity index (χ1v) is 10.3. The van der Waals surface area contributed by atoms with Crippen molar-refractivity contribution in [2.75, 3.05) is 13.2 Å². The van der Waals surface area contributed by atoms with Crippen LogP contribution >= 0.6 is 0 Å². The van der Waals surface area contributed by atoms with E-state index in [1.54, 1.807) is 12.4 Å². The molecule has 0 radical (unpaired) electrons. The fourth-order valence-electron chi connectivity index (χ4n) is 3.14. The van der Waals surface area contributed by atoms with E-state index in [2.05, 4.69) is 19.4 Å². The highest BCUT2D eigenvalue weighted by Gasteiger charge is 2.37. The van der Waals surface area contributed by atoms with Gasteiger partial charge < -0.3 is 13.7 Å².